The van der Waals surface area contributed by atoms with Crippen LogP contribution in [0.3, 0.4) is 0 Å². The SMILES string of the molecule is Cc1cc(CN(C)[C@H](C)C(N)=O)cc(C)c1OCC(F)(F)F. The molecule has 4 nitrogen and oxygen atoms in total. The number of nitrogens with two attached hydrogens (primary N) is 1. The summed E-state index contributed by atoms with van der Waals surface area (Å²) in [6.45, 7) is 4.24. The van der Waals surface area contributed by atoms with Crippen LogP contribution in [-0.2, 0) is 11.3 Å². The number of hydrogen-bond donors (Lipinski definition) is 1. The highest BCUT2D eigenvalue weighted by Gasteiger charge is 2.29. The highest BCUT2D eigenvalue weighted by Crippen LogP contribution is 2.27. The standard InChI is InChI=1S/C15H21F3N2O2/c1-9-5-12(7-20(4)11(3)14(19)21)6-10(2)13(9)22-8-15(16,17)18/h5-6,11H,7-8H2,1-4H3,(H2,19,21)/t11-/m1/s1. The molecule has 0 aliphatic carbocycles. The van der Waals surface area contributed by atoms with Crippen molar-refractivity contribution in [2.45, 2.75) is 39.5 Å². The second kappa shape index (κ2) is 7.00. The first-order valence-corrected chi connectivity index (χ1v) is 6.80. The van der Waals surface area contributed by atoms with Gasteiger partial charge in [0.05, 0.1) is 6.04 Å². The zero-order chi connectivity index (χ0) is 17.1. The Labute approximate surface area is 128 Å². The molecule has 2 N–H and O–H groups in total. The number of benzene rings is 1. The average Bonchev–Trinajstić information content (AvgIpc) is 2.35. The van der Waals surface area contributed by atoms with E-state index in [1.807, 2.05) is 0 Å². The minimum absolute atomic E-state index is 0.242. The van der Waals surface area contributed by atoms with Gasteiger partial charge in [0.25, 0.3) is 0 Å². The summed E-state index contributed by atoms with van der Waals surface area (Å²) in [5.41, 5.74) is 7.38. The van der Waals surface area contributed by atoms with Crippen LogP contribution in [0.25, 0.3) is 0 Å². The zero-order valence-electron chi connectivity index (χ0n) is 13.1. The molecular formula is C15H21F3N2O2. The zero-order valence-corrected chi connectivity index (χ0v) is 13.1. The molecule has 0 saturated carbocycles. The van der Waals surface area contributed by atoms with E-state index in [2.05, 4.69) is 0 Å². The van der Waals surface area contributed by atoms with Crippen LogP contribution in [0, 0.1) is 13.8 Å². The minimum atomic E-state index is -4.37. The number of nitrogens with zero attached hydrogens (tertiary/aromatic N) is 1. The quantitative estimate of drug-likeness (QED) is 0.877. The first-order valence-electron chi connectivity index (χ1n) is 6.80. The monoisotopic (exact) mass is 318 g/mol. The lowest BCUT2D eigenvalue weighted by Gasteiger charge is -2.23. The van der Waals surface area contributed by atoms with Gasteiger partial charge in [-0.25, -0.2) is 0 Å². The molecule has 124 valence electrons. The van der Waals surface area contributed by atoms with E-state index < -0.39 is 24.7 Å². The van der Waals surface area contributed by atoms with Gasteiger partial charge >= 0.3 is 6.18 Å². The predicted octanol–water partition coefficient (Wildman–Crippen LogP) is 2.55. The van der Waals surface area contributed by atoms with E-state index in [0.29, 0.717) is 17.7 Å². The smallest absolute Gasteiger partial charge is 0.422 e. The van der Waals surface area contributed by atoms with Crippen molar-refractivity contribution in [2.75, 3.05) is 13.7 Å². The van der Waals surface area contributed by atoms with Crippen LogP contribution in [0.15, 0.2) is 12.1 Å². The molecule has 0 radical (unpaired) electrons. The average molecular weight is 318 g/mol. The molecule has 0 spiro atoms. The Morgan fingerprint density at radius 3 is 2.23 bits per heavy atom. The number of amides is 1. The molecule has 22 heavy (non-hydrogen) atoms. The lowest BCUT2D eigenvalue weighted by atomic mass is 10.0. The summed E-state index contributed by atoms with van der Waals surface area (Å²) in [4.78, 5) is 12.9. The highest BCUT2D eigenvalue weighted by molar-refractivity contribution is 5.79. The van der Waals surface area contributed by atoms with Crippen molar-refractivity contribution in [3.05, 3.63) is 28.8 Å². The maximum atomic E-state index is 12.2. The van der Waals surface area contributed by atoms with Gasteiger partial charge in [0.2, 0.25) is 5.91 Å². The summed E-state index contributed by atoms with van der Waals surface area (Å²) in [6, 6.07) is 3.08. The van der Waals surface area contributed by atoms with Crippen LogP contribution >= 0.6 is 0 Å². The molecule has 0 bridgehead atoms. The number of aryl methyl sites for hydroxylation is 2. The third kappa shape index (κ3) is 5.22. The van der Waals surface area contributed by atoms with E-state index in [1.54, 1.807) is 44.9 Å². The van der Waals surface area contributed by atoms with Gasteiger partial charge in [0, 0.05) is 6.54 Å². The number of ether oxygens (including phenoxy) is 1. The molecule has 0 fully saturated rings. The van der Waals surface area contributed by atoms with E-state index in [4.69, 9.17) is 10.5 Å². The lowest BCUT2D eigenvalue weighted by Crippen LogP contribution is -2.39. The largest absolute Gasteiger partial charge is 0.484 e. The topological polar surface area (TPSA) is 55.6 Å². The molecule has 0 aliphatic heterocycles. The maximum absolute atomic E-state index is 12.2. The molecule has 1 atom stereocenters. The Morgan fingerprint density at radius 1 is 1.32 bits per heavy atom. The van der Waals surface area contributed by atoms with Crippen molar-refractivity contribution in [3.63, 3.8) is 0 Å². The third-order valence-electron chi connectivity index (χ3n) is 3.41. The number of hydrogen-bond acceptors (Lipinski definition) is 3. The van der Waals surface area contributed by atoms with Crippen LogP contribution < -0.4 is 10.5 Å². The molecule has 1 amide bonds. The Kier molecular flexibility index (Phi) is 5.82. The van der Waals surface area contributed by atoms with Crippen molar-refractivity contribution in [1.82, 2.24) is 4.90 Å². The normalized spacial score (nSPS) is 13.3. The van der Waals surface area contributed by atoms with Gasteiger partial charge in [-0.15, -0.1) is 0 Å². The lowest BCUT2D eigenvalue weighted by molar-refractivity contribution is -0.153. The first kappa shape index (κ1) is 18.3. The summed E-state index contributed by atoms with van der Waals surface area (Å²) in [5, 5.41) is 0. The predicted molar refractivity (Wildman–Crippen MR) is 77.6 cm³/mol. The van der Waals surface area contributed by atoms with E-state index in [1.165, 1.54) is 0 Å². The molecule has 1 aromatic rings. The summed E-state index contributed by atoms with van der Waals surface area (Å²) in [6.07, 6.45) is -4.37. The van der Waals surface area contributed by atoms with Crippen LogP contribution in [0.4, 0.5) is 13.2 Å². The molecule has 0 saturated heterocycles. The number of alkyl halides is 3. The fraction of sp³-hybridized carbons (Fsp3) is 0.533. The van der Waals surface area contributed by atoms with Crippen molar-refractivity contribution in [2.24, 2.45) is 5.73 Å². The maximum Gasteiger partial charge on any atom is 0.422 e. The number of halogens is 3. The van der Waals surface area contributed by atoms with Crippen LogP contribution in [-0.4, -0.2) is 36.7 Å². The van der Waals surface area contributed by atoms with Crippen LogP contribution in [0.2, 0.25) is 0 Å². The Hall–Kier alpha value is -1.76. The third-order valence-corrected chi connectivity index (χ3v) is 3.41. The number of primary amides is 1. The van der Waals surface area contributed by atoms with Crippen molar-refractivity contribution < 1.29 is 22.7 Å². The highest BCUT2D eigenvalue weighted by atomic mass is 19.4. The second-order valence-corrected chi connectivity index (χ2v) is 5.46. The summed E-state index contributed by atoms with van der Waals surface area (Å²) in [5.74, 6) is -0.187. The van der Waals surface area contributed by atoms with Gasteiger partial charge in [0.15, 0.2) is 6.61 Å². The minimum Gasteiger partial charge on any atom is -0.484 e. The number of carbonyl (C=O) groups excluding carboxylic acids is 1. The van der Waals surface area contributed by atoms with Gasteiger partial charge in [-0.2, -0.15) is 13.2 Å². The van der Waals surface area contributed by atoms with Gasteiger partial charge in [-0.3, -0.25) is 9.69 Å². The Morgan fingerprint density at radius 2 is 1.82 bits per heavy atom. The molecule has 7 heteroatoms. The molecule has 0 unspecified atom stereocenters. The number of rotatable bonds is 6. The first-order chi connectivity index (χ1) is 10.0. The fourth-order valence-corrected chi connectivity index (χ4v) is 2.16. The molecule has 0 heterocycles. The summed E-state index contributed by atoms with van der Waals surface area (Å²) in [7, 11) is 1.76. The second-order valence-electron chi connectivity index (χ2n) is 5.46. The van der Waals surface area contributed by atoms with E-state index >= 15 is 0 Å². The van der Waals surface area contributed by atoms with Gasteiger partial charge in [0.1, 0.15) is 5.75 Å². The summed E-state index contributed by atoms with van der Waals surface area (Å²) >= 11 is 0. The van der Waals surface area contributed by atoms with Gasteiger partial charge < -0.3 is 10.5 Å². The van der Waals surface area contributed by atoms with Crippen LogP contribution in [0.5, 0.6) is 5.75 Å². The van der Waals surface area contributed by atoms with E-state index in [-0.39, 0.29) is 5.75 Å². The molecule has 0 aromatic heterocycles. The van der Waals surface area contributed by atoms with Crippen molar-refractivity contribution >= 4 is 5.91 Å². The molecule has 1 aromatic carbocycles. The number of likely N-dealkylation sites (N-methyl/N-ethyl adjacent to an activating group) is 1. The summed E-state index contributed by atoms with van der Waals surface area (Å²) < 4.78 is 41.6. The Balaban J connectivity index is 2.87. The van der Waals surface area contributed by atoms with Crippen molar-refractivity contribution in [1.29, 1.82) is 0 Å². The number of carbonyl (C=O) groups is 1. The Bertz CT molecular complexity index is 521. The molecule has 0 aliphatic rings. The fourth-order valence-electron chi connectivity index (χ4n) is 2.16. The van der Waals surface area contributed by atoms with E-state index in [9.17, 15) is 18.0 Å². The van der Waals surface area contributed by atoms with Gasteiger partial charge in [-0.1, -0.05) is 12.1 Å². The van der Waals surface area contributed by atoms with E-state index in [0.717, 1.165) is 5.56 Å². The van der Waals surface area contributed by atoms with Crippen LogP contribution in [0.1, 0.15) is 23.6 Å². The molecular weight excluding hydrogens is 297 g/mol. The van der Waals surface area contributed by atoms with Gasteiger partial charge in [-0.05, 0) is 44.5 Å². The molecule has 1 rings (SSSR count). The van der Waals surface area contributed by atoms with Crippen molar-refractivity contribution in [3.8, 4) is 5.75 Å².